The van der Waals surface area contributed by atoms with Crippen molar-refractivity contribution >= 4 is 5.69 Å². The van der Waals surface area contributed by atoms with Gasteiger partial charge in [-0.2, -0.15) is 5.10 Å². The van der Waals surface area contributed by atoms with Crippen LogP contribution < -0.4 is 0 Å². The summed E-state index contributed by atoms with van der Waals surface area (Å²) < 4.78 is 7.30. The fraction of sp³-hybridized carbons (Fsp3) is 0.217. The number of rotatable bonds is 6. The van der Waals surface area contributed by atoms with Crippen molar-refractivity contribution in [1.29, 1.82) is 0 Å². The quantitative estimate of drug-likeness (QED) is 0.332. The number of nitro groups is 1. The highest BCUT2D eigenvalue weighted by Crippen LogP contribution is 2.36. The predicted molar refractivity (Wildman–Crippen MR) is 113 cm³/mol. The molecule has 1 unspecified atom stereocenters. The molecule has 0 radical (unpaired) electrons. The van der Waals surface area contributed by atoms with Crippen LogP contribution in [-0.2, 0) is 6.42 Å². The van der Waals surface area contributed by atoms with Crippen molar-refractivity contribution in [3.8, 4) is 5.69 Å². The Bertz CT molecular complexity index is 1180. The van der Waals surface area contributed by atoms with Gasteiger partial charge in [0, 0.05) is 23.6 Å². The van der Waals surface area contributed by atoms with Crippen molar-refractivity contribution in [2.24, 2.45) is 0 Å². The number of aromatic nitrogens is 3. The molecule has 0 aliphatic heterocycles. The van der Waals surface area contributed by atoms with Crippen molar-refractivity contribution in [2.45, 2.75) is 33.1 Å². The number of hydrogen-bond acceptors (Lipinski definition) is 5. The molecule has 0 aliphatic rings. The van der Waals surface area contributed by atoms with E-state index < -0.39 is 4.92 Å². The van der Waals surface area contributed by atoms with Crippen molar-refractivity contribution in [3.63, 3.8) is 0 Å². The van der Waals surface area contributed by atoms with E-state index in [2.05, 4.69) is 5.16 Å². The summed E-state index contributed by atoms with van der Waals surface area (Å²) in [6, 6.07) is 19.9. The zero-order valence-electron chi connectivity index (χ0n) is 17.1. The molecule has 4 rings (SSSR count). The van der Waals surface area contributed by atoms with Crippen LogP contribution in [0.3, 0.4) is 0 Å². The summed E-state index contributed by atoms with van der Waals surface area (Å²) in [5.74, 6) is 0.118. The Morgan fingerprint density at radius 2 is 1.63 bits per heavy atom. The van der Waals surface area contributed by atoms with E-state index in [9.17, 15) is 10.1 Å². The van der Waals surface area contributed by atoms with Gasteiger partial charge in [0.2, 0.25) is 5.76 Å². The lowest BCUT2D eigenvalue weighted by atomic mass is 9.86. The van der Waals surface area contributed by atoms with Gasteiger partial charge in [-0.15, -0.1) is 0 Å². The maximum absolute atomic E-state index is 11.6. The second-order valence-electron chi connectivity index (χ2n) is 7.30. The summed E-state index contributed by atoms with van der Waals surface area (Å²) in [5, 5.41) is 20.2. The molecule has 0 aliphatic carbocycles. The number of para-hydroxylation sites is 1. The Hall–Kier alpha value is -3.74. The maximum Gasteiger partial charge on any atom is 0.334 e. The van der Waals surface area contributed by atoms with E-state index in [1.165, 1.54) is 0 Å². The standard InChI is InChI=1S/C23H22N4O3/c1-15-22(17(3)26(24-15)19-12-8-5-9-13-19)20(18-10-6-4-7-11-18)14-21-23(27(28)29)16(2)25-30-21/h4-13,20H,14H2,1-3H3. The van der Waals surface area contributed by atoms with Crippen molar-refractivity contribution < 1.29 is 9.45 Å². The average molecular weight is 402 g/mol. The van der Waals surface area contributed by atoms with Crippen LogP contribution in [0.5, 0.6) is 0 Å². The molecule has 7 nitrogen and oxygen atoms in total. The molecule has 152 valence electrons. The lowest BCUT2D eigenvalue weighted by molar-refractivity contribution is -0.386. The summed E-state index contributed by atoms with van der Waals surface area (Å²) in [6.45, 7) is 5.59. The fourth-order valence-electron chi connectivity index (χ4n) is 4.02. The number of aryl methyl sites for hydroxylation is 2. The first-order chi connectivity index (χ1) is 14.5. The summed E-state index contributed by atoms with van der Waals surface area (Å²) in [4.78, 5) is 11.1. The number of benzene rings is 2. The van der Waals surface area contributed by atoms with Crippen LogP contribution in [0.2, 0.25) is 0 Å². The summed E-state index contributed by atoms with van der Waals surface area (Å²) in [6.07, 6.45) is 0.323. The van der Waals surface area contributed by atoms with E-state index in [0.29, 0.717) is 6.42 Å². The Morgan fingerprint density at radius 1 is 1.00 bits per heavy atom. The van der Waals surface area contributed by atoms with E-state index in [-0.39, 0.29) is 23.1 Å². The summed E-state index contributed by atoms with van der Waals surface area (Å²) >= 11 is 0. The average Bonchev–Trinajstić information content (AvgIpc) is 3.26. The molecule has 7 heteroatoms. The third-order valence-electron chi connectivity index (χ3n) is 5.37. The van der Waals surface area contributed by atoms with Gasteiger partial charge in [0.1, 0.15) is 0 Å². The zero-order chi connectivity index (χ0) is 21.3. The van der Waals surface area contributed by atoms with Crippen molar-refractivity contribution in [3.05, 3.63) is 105 Å². The largest absolute Gasteiger partial charge is 0.354 e. The smallest absolute Gasteiger partial charge is 0.334 e. The van der Waals surface area contributed by atoms with Gasteiger partial charge in [-0.1, -0.05) is 53.7 Å². The first-order valence-corrected chi connectivity index (χ1v) is 9.73. The first-order valence-electron chi connectivity index (χ1n) is 9.73. The minimum Gasteiger partial charge on any atom is -0.354 e. The lowest BCUT2D eigenvalue weighted by Gasteiger charge is -2.17. The molecule has 0 spiro atoms. The molecule has 0 saturated carbocycles. The van der Waals surface area contributed by atoms with Crippen LogP contribution >= 0.6 is 0 Å². The van der Waals surface area contributed by atoms with Gasteiger partial charge >= 0.3 is 5.69 Å². The molecule has 0 N–H and O–H groups in total. The fourth-order valence-corrected chi connectivity index (χ4v) is 4.02. The molecule has 0 fully saturated rings. The predicted octanol–water partition coefficient (Wildman–Crippen LogP) is 5.07. The highest BCUT2D eigenvalue weighted by Gasteiger charge is 2.30. The molecule has 4 aromatic rings. The van der Waals surface area contributed by atoms with E-state index in [4.69, 9.17) is 9.62 Å². The van der Waals surface area contributed by atoms with E-state index >= 15 is 0 Å². The second kappa shape index (κ2) is 7.94. The molecule has 0 saturated heterocycles. The van der Waals surface area contributed by atoms with Gasteiger partial charge in [-0.25, -0.2) is 4.68 Å². The highest BCUT2D eigenvalue weighted by molar-refractivity contribution is 5.45. The van der Waals surface area contributed by atoms with Gasteiger partial charge in [-0.05, 0) is 38.5 Å². The topological polar surface area (TPSA) is 87.0 Å². The molecule has 2 aromatic heterocycles. The molecular weight excluding hydrogens is 380 g/mol. The Morgan fingerprint density at radius 3 is 2.27 bits per heavy atom. The lowest BCUT2D eigenvalue weighted by Crippen LogP contribution is -2.09. The van der Waals surface area contributed by atoms with Crippen LogP contribution in [-0.4, -0.2) is 19.9 Å². The van der Waals surface area contributed by atoms with Crippen LogP contribution in [0.25, 0.3) is 5.69 Å². The number of nitrogens with zero attached hydrogens (tertiary/aromatic N) is 4. The van der Waals surface area contributed by atoms with Crippen LogP contribution in [0.15, 0.2) is 65.2 Å². The molecule has 0 bridgehead atoms. The summed E-state index contributed by atoms with van der Waals surface area (Å²) in [5.41, 5.74) is 5.15. The van der Waals surface area contributed by atoms with Gasteiger partial charge < -0.3 is 4.52 Å². The molecular formula is C23H22N4O3. The van der Waals surface area contributed by atoms with Crippen LogP contribution in [0.1, 0.15) is 39.9 Å². The third kappa shape index (κ3) is 3.50. The Balaban J connectivity index is 1.85. The molecule has 30 heavy (non-hydrogen) atoms. The molecule has 2 aromatic carbocycles. The molecule has 0 amide bonds. The van der Waals surface area contributed by atoms with Gasteiger partial charge in [0.15, 0.2) is 5.69 Å². The van der Waals surface area contributed by atoms with E-state index in [1.807, 2.05) is 79.2 Å². The second-order valence-corrected chi connectivity index (χ2v) is 7.30. The summed E-state index contributed by atoms with van der Waals surface area (Å²) in [7, 11) is 0. The normalized spacial score (nSPS) is 12.1. The SMILES string of the molecule is Cc1nn(-c2ccccc2)c(C)c1C(Cc1onc(C)c1[N+](=O)[O-])c1ccccc1. The van der Waals surface area contributed by atoms with Gasteiger partial charge in [0.05, 0.1) is 16.3 Å². The highest BCUT2D eigenvalue weighted by atomic mass is 16.6. The monoisotopic (exact) mass is 402 g/mol. The van der Waals surface area contributed by atoms with Crippen LogP contribution in [0, 0.1) is 30.9 Å². The zero-order valence-corrected chi connectivity index (χ0v) is 17.1. The van der Waals surface area contributed by atoms with Crippen molar-refractivity contribution in [2.75, 3.05) is 0 Å². The third-order valence-corrected chi connectivity index (χ3v) is 5.37. The van der Waals surface area contributed by atoms with Gasteiger partial charge in [-0.3, -0.25) is 10.1 Å². The minimum atomic E-state index is -0.420. The Labute approximate surface area is 174 Å². The van der Waals surface area contributed by atoms with E-state index in [1.54, 1.807) is 6.92 Å². The van der Waals surface area contributed by atoms with Crippen LogP contribution in [0.4, 0.5) is 5.69 Å². The van der Waals surface area contributed by atoms with Crippen molar-refractivity contribution in [1.82, 2.24) is 14.9 Å². The van der Waals surface area contributed by atoms with E-state index in [0.717, 1.165) is 28.2 Å². The molecule has 1 atom stereocenters. The molecule has 2 heterocycles. The Kier molecular flexibility index (Phi) is 5.18. The number of hydrogen-bond donors (Lipinski definition) is 0. The van der Waals surface area contributed by atoms with Gasteiger partial charge in [0.25, 0.3) is 0 Å². The minimum absolute atomic E-state index is 0.0540. The first kappa shape index (κ1) is 19.6. The maximum atomic E-state index is 11.6.